The maximum atomic E-state index is 12.8. The lowest BCUT2D eigenvalue weighted by molar-refractivity contribution is 0.0501. The summed E-state index contributed by atoms with van der Waals surface area (Å²) in [4.78, 5) is 12.8. The number of benzene rings is 1. The molecule has 0 aromatic heterocycles. The largest absolute Gasteiger partial charge is 0.335 e. The Hall–Kier alpha value is -1.55. The lowest BCUT2D eigenvalue weighted by atomic mass is 9.52. The topological polar surface area (TPSA) is 53.2 Å². The molecule has 1 aromatic carbocycles. The number of urea groups is 1. The second-order valence-corrected chi connectivity index (χ2v) is 9.83. The molecule has 4 nitrogen and oxygen atoms in total. The second-order valence-electron chi connectivity index (χ2n) is 9.83. The summed E-state index contributed by atoms with van der Waals surface area (Å²) >= 11 is 0. The van der Waals surface area contributed by atoms with Crippen molar-refractivity contribution < 1.29 is 4.79 Å². The smallest absolute Gasteiger partial charge is 0.315 e. The first-order valence-corrected chi connectivity index (χ1v) is 10.8. The Morgan fingerprint density at radius 3 is 2.59 bits per heavy atom. The number of nitrogens with one attached hydrogen (secondary N) is 3. The lowest BCUT2D eigenvalue weighted by Gasteiger charge is -2.55. The fourth-order valence-electron chi connectivity index (χ4n) is 6.48. The van der Waals surface area contributed by atoms with Crippen LogP contribution in [0.25, 0.3) is 0 Å². The van der Waals surface area contributed by atoms with Gasteiger partial charge in [0.15, 0.2) is 0 Å². The first-order chi connectivity index (χ1) is 13.0. The average molecular weight is 370 g/mol. The van der Waals surface area contributed by atoms with Gasteiger partial charge in [0.05, 0.1) is 0 Å². The fraction of sp³-hybridized carbons (Fsp3) is 0.696. The number of fused-ring (bicyclic) bond motifs is 2. The molecule has 4 rings (SSSR count). The first-order valence-electron chi connectivity index (χ1n) is 10.8. The van der Waals surface area contributed by atoms with E-state index in [0.29, 0.717) is 12.0 Å². The summed E-state index contributed by atoms with van der Waals surface area (Å²) in [7, 11) is 0. The first kappa shape index (κ1) is 18.8. The quantitative estimate of drug-likeness (QED) is 0.755. The number of carbonyl (C=O) groups excluding carboxylic acids is 1. The van der Waals surface area contributed by atoms with Gasteiger partial charge in [-0.3, -0.25) is 0 Å². The Bertz CT molecular complexity index is 653. The molecule has 2 aliphatic carbocycles. The van der Waals surface area contributed by atoms with Crippen molar-refractivity contribution in [3.8, 4) is 0 Å². The van der Waals surface area contributed by atoms with Crippen LogP contribution >= 0.6 is 0 Å². The predicted molar refractivity (Wildman–Crippen MR) is 110 cm³/mol. The summed E-state index contributed by atoms with van der Waals surface area (Å²) < 4.78 is 0. The van der Waals surface area contributed by atoms with Crippen LogP contribution in [0.2, 0.25) is 0 Å². The normalized spacial score (nSPS) is 36.8. The molecule has 0 spiro atoms. The van der Waals surface area contributed by atoms with E-state index >= 15 is 0 Å². The molecule has 3 N–H and O–H groups in total. The summed E-state index contributed by atoms with van der Waals surface area (Å²) in [5.74, 6) is 1.46. The van der Waals surface area contributed by atoms with E-state index in [1.807, 2.05) is 0 Å². The number of hydrogen-bond acceptors (Lipinski definition) is 2. The monoisotopic (exact) mass is 369 g/mol. The van der Waals surface area contributed by atoms with Crippen molar-refractivity contribution in [1.82, 2.24) is 16.0 Å². The van der Waals surface area contributed by atoms with Crippen molar-refractivity contribution in [2.75, 3.05) is 13.1 Å². The van der Waals surface area contributed by atoms with Crippen LogP contribution < -0.4 is 16.0 Å². The second kappa shape index (κ2) is 7.46. The van der Waals surface area contributed by atoms with Crippen molar-refractivity contribution in [2.45, 2.75) is 75.8 Å². The molecular formula is C23H35N3O. The molecule has 1 aromatic rings. The molecule has 3 aliphatic rings. The number of amides is 2. The lowest BCUT2D eigenvalue weighted by Crippen LogP contribution is -2.60. The van der Waals surface area contributed by atoms with Crippen LogP contribution in [0.15, 0.2) is 30.3 Å². The highest BCUT2D eigenvalue weighted by Gasteiger charge is 2.51. The van der Waals surface area contributed by atoms with E-state index in [0.717, 1.165) is 44.7 Å². The zero-order valence-corrected chi connectivity index (χ0v) is 16.9. The van der Waals surface area contributed by atoms with Crippen LogP contribution in [0.5, 0.6) is 0 Å². The number of carbonyl (C=O) groups is 1. The van der Waals surface area contributed by atoms with Crippen LogP contribution in [0.1, 0.15) is 64.4 Å². The van der Waals surface area contributed by atoms with Crippen LogP contribution in [0, 0.1) is 11.8 Å². The van der Waals surface area contributed by atoms with E-state index in [1.165, 1.54) is 24.8 Å². The van der Waals surface area contributed by atoms with Crippen LogP contribution in [-0.2, 0) is 5.41 Å². The molecule has 148 valence electrons. The van der Waals surface area contributed by atoms with Gasteiger partial charge in [-0.25, -0.2) is 4.79 Å². The maximum Gasteiger partial charge on any atom is 0.315 e. The molecule has 2 saturated carbocycles. The van der Waals surface area contributed by atoms with Gasteiger partial charge >= 0.3 is 6.03 Å². The Morgan fingerprint density at radius 1 is 1.11 bits per heavy atom. The standard InChI is InChI=1S/C23H35N3O/c1-17-12-18-14-22(2,26-21(27)25-20-8-10-24-11-9-20)16-23(13-17,15-18)19-6-4-3-5-7-19/h3-7,17-18,20,24H,8-16H2,1-2H3,(H2,25,26,27). The van der Waals surface area contributed by atoms with E-state index in [2.05, 4.69) is 60.1 Å². The minimum Gasteiger partial charge on any atom is -0.335 e. The minimum absolute atomic E-state index is 0.0284. The molecule has 0 radical (unpaired) electrons. The molecule has 4 unspecified atom stereocenters. The van der Waals surface area contributed by atoms with Crippen molar-refractivity contribution in [1.29, 1.82) is 0 Å². The summed E-state index contributed by atoms with van der Waals surface area (Å²) in [5, 5.41) is 10.00. The molecule has 2 bridgehead atoms. The van der Waals surface area contributed by atoms with Gasteiger partial charge in [-0.05, 0) is 87.8 Å². The molecule has 1 saturated heterocycles. The third-order valence-corrected chi connectivity index (χ3v) is 7.10. The number of rotatable bonds is 3. The van der Waals surface area contributed by atoms with E-state index in [9.17, 15) is 4.79 Å². The Kier molecular flexibility index (Phi) is 5.19. The molecule has 1 heterocycles. The van der Waals surface area contributed by atoms with Crippen molar-refractivity contribution in [3.05, 3.63) is 35.9 Å². The zero-order chi connectivity index (χ0) is 18.9. The SMILES string of the molecule is CC1CC2CC(C)(NC(=O)NC3CCNCC3)CC(c3ccccc3)(C1)C2. The van der Waals surface area contributed by atoms with Crippen molar-refractivity contribution >= 4 is 6.03 Å². The maximum absolute atomic E-state index is 12.8. The van der Waals surface area contributed by atoms with Gasteiger partial charge in [0, 0.05) is 11.6 Å². The molecule has 27 heavy (non-hydrogen) atoms. The molecular weight excluding hydrogens is 334 g/mol. The fourth-order valence-corrected chi connectivity index (χ4v) is 6.48. The van der Waals surface area contributed by atoms with E-state index in [4.69, 9.17) is 0 Å². The Labute approximate surface area is 163 Å². The van der Waals surface area contributed by atoms with Gasteiger partial charge in [0.25, 0.3) is 0 Å². The van der Waals surface area contributed by atoms with Gasteiger partial charge in [0.2, 0.25) is 0 Å². The van der Waals surface area contributed by atoms with Crippen LogP contribution in [-0.4, -0.2) is 30.7 Å². The number of piperidine rings is 1. The van der Waals surface area contributed by atoms with E-state index < -0.39 is 0 Å². The van der Waals surface area contributed by atoms with Gasteiger partial charge < -0.3 is 16.0 Å². The minimum atomic E-state index is -0.129. The summed E-state index contributed by atoms with van der Waals surface area (Å²) in [6.45, 7) is 6.68. The number of hydrogen-bond donors (Lipinski definition) is 3. The summed E-state index contributed by atoms with van der Waals surface area (Å²) in [6, 6.07) is 11.4. The third-order valence-electron chi connectivity index (χ3n) is 7.10. The highest BCUT2D eigenvalue weighted by molar-refractivity contribution is 5.75. The Balaban J connectivity index is 1.50. The summed E-state index contributed by atoms with van der Waals surface area (Å²) in [6.07, 6.45) is 8.00. The predicted octanol–water partition coefficient (Wildman–Crippen LogP) is 3.96. The molecule has 2 amide bonds. The summed E-state index contributed by atoms with van der Waals surface area (Å²) in [5.41, 5.74) is 1.54. The van der Waals surface area contributed by atoms with Gasteiger partial charge in [-0.15, -0.1) is 0 Å². The van der Waals surface area contributed by atoms with Gasteiger partial charge in [-0.2, -0.15) is 0 Å². The molecule has 4 atom stereocenters. The van der Waals surface area contributed by atoms with Gasteiger partial charge in [0.1, 0.15) is 0 Å². The third kappa shape index (κ3) is 4.16. The highest BCUT2D eigenvalue weighted by Crippen LogP contribution is 2.55. The molecule has 4 heteroatoms. The zero-order valence-electron chi connectivity index (χ0n) is 16.9. The van der Waals surface area contributed by atoms with Crippen LogP contribution in [0.4, 0.5) is 4.79 Å². The van der Waals surface area contributed by atoms with Crippen LogP contribution in [0.3, 0.4) is 0 Å². The Morgan fingerprint density at radius 2 is 1.85 bits per heavy atom. The van der Waals surface area contributed by atoms with Crippen molar-refractivity contribution in [2.24, 2.45) is 11.8 Å². The average Bonchev–Trinajstić information content (AvgIpc) is 2.61. The van der Waals surface area contributed by atoms with E-state index in [-0.39, 0.29) is 17.0 Å². The van der Waals surface area contributed by atoms with E-state index in [1.54, 1.807) is 0 Å². The molecule has 1 aliphatic heterocycles. The molecule has 3 fully saturated rings. The highest BCUT2D eigenvalue weighted by atomic mass is 16.2. The van der Waals surface area contributed by atoms with Gasteiger partial charge in [-0.1, -0.05) is 37.3 Å². The van der Waals surface area contributed by atoms with Crippen molar-refractivity contribution in [3.63, 3.8) is 0 Å².